The Morgan fingerprint density at radius 3 is 2.52 bits per heavy atom. The minimum Gasteiger partial charge on any atom is -0.350 e. The van der Waals surface area contributed by atoms with Crippen LogP contribution in [0.3, 0.4) is 0 Å². The summed E-state index contributed by atoms with van der Waals surface area (Å²) in [5.74, 6) is -0.306. The third kappa shape index (κ3) is 4.74. The lowest BCUT2D eigenvalue weighted by Crippen LogP contribution is -2.50. The minimum absolute atomic E-state index is 0.131. The molecule has 27 heavy (non-hydrogen) atoms. The second-order valence-electron chi connectivity index (χ2n) is 7.17. The molecule has 3 amide bonds. The van der Waals surface area contributed by atoms with Crippen molar-refractivity contribution in [2.75, 3.05) is 19.6 Å². The Morgan fingerprint density at radius 1 is 1.19 bits per heavy atom. The van der Waals surface area contributed by atoms with Crippen LogP contribution in [-0.2, 0) is 9.59 Å². The molecule has 0 aromatic heterocycles. The average molecular weight is 412 g/mol. The molecule has 2 atom stereocenters. The molecule has 0 bridgehead atoms. The Hall–Kier alpha value is -1.79. The predicted molar refractivity (Wildman–Crippen MR) is 104 cm³/mol. The fourth-order valence-corrected chi connectivity index (χ4v) is 4.26. The van der Waals surface area contributed by atoms with E-state index in [-0.39, 0.29) is 23.8 Å². The molecular weight excluding hydrogens is 389 g/mol. The summed E-state index contributed by atoms with van der Waals surface area (Å²) >= 11 is 12.0. The maximum atomic E-state index is 12.8. The van der Waals surface area contributed by atoms with E-state index in [9.17, 15) is 14.4 Å². The molecule has 2 saturated heterocycles. The molecule has 0 spiro atoms. The first-order valence-electron chi connectivity index (χ1n) is 9.20. The van der Waals surface area contributed by atoms with Gasteiger partial charge in [0.2, 0.25) is 11.8 Å². The average Bonchev–Trinajstić information content (AvgIpc) is 3.23. The van der Waals surface area contributed by atoms with Gasteiger partial charge in [0, 0.05) is 47.7 Å². The lowest BCUT2D eigenvalue weighted by molar-refractivity contribution is -0.129. The number of hydrogen-bond donors (Lipinski definition) is 1. The molecule has 1 aromatic rings. The highest BCUT2D eigenvalue weighted by Crippen LogP contribution is 2.24. The summed E-state index contributed by atoms with van der Waals surface area (Å²) in [7, 11) is 0. The number of halogens is 2. The van der Waals surface area contributed by atoms with Gasteiger partial charge in [-0.2, -0.15) is 0 Å². The predicted octanol–water partition coefficient (Wildman–Crippen LogP) is 2.73. The van der Waals surface area contributed by atoms with E-state index in [1.165, 1.54) is 0 Å². The highest BCUT2D eigenvalue weighted by molar-refractivity contribution is 6.35. The molecule has 0 aliphatic carbocycles. The third-order valence-electron chi connectivity index (χ3n) is 4.98. The quantitative estimate of drug-likeness (QED) is 0.809. The van der Waals surface area contributed by atoms with Crippen LogP contribution in [0.15, 0.2) is 18.2 Å². The summed E-state index contributed by atoms with van der Waals surface area (Å²) in [6.07, 6.45) is 2.82. The molecule has 8 heteroatoms. The Bertz CT molecular complexity index is 735. The van der Waals surface area contributed by atoms with Crippen LogP contribution in [0.1, 0.15) is 43.0 Å². The van der Waals surface area contributed by atoms with Gasteiger partial charge in [-0.3, -0.25) is 14.4 Å². The molecule has 2 aliphatic heterocycles. The lowest BCUT2D eigenvalue weighted by Gasteiger charge is -2.27. The van der Waals surface area contributed by atoms with Crippen LogP contribution < -0.4 is 5.32 Å². The first kappa shape index (κ1) is 20.0. The van der Waals surface area contributed by atoms with Gasteiger partial charge in [0.05, 0.1) is 0 Å². The first-order valence-corrected chi connectivity index (χ1v) is 9.96. The number of benzene rings is 1. The fourth-order valence-electron chi connectivity index (χ4n) is 3.74. The van der Waals surface area contributed by atoms with E-state index in [2.05, 4.69) is 5.32 Å². The van der Waals surface area contributed by atoms with Crippen molar-refractivity contribution < 1.29 is 14.4 Å². The molecule has 2 aliphatic rings. The zero-order chi connectivity index (χ0) is 19.6. The Kier molecular flexibility index (Phi) is 6.27. The SMILES string of the molecule is C[C@@H](CN1CCCC1=O)NC(=O)[C@H]1CCCN1C(=O)c1cc(Cl)cc(Cl)c1. The monoisotopic (exact) mass is 411 g/mol. The Morgan fingerprint density at radius 2 is 1.89 bits per heavy atom. The van der Waals surface area contributed by atoms with Crippen LogP contribution in [0, 0.1) is 0 Å². The van der Waals surface area contributed by atoms with E-state index in [0.29, 0.717) is 41.5 Å². The highest BCUT2D eigenvalue weighted by Gasteiger charge is 2.35. The molecule has 0 radical (unpaired) electrons. The first-order chi connectivity index (χ1) is 12.8. The second-order valence-corrected chi connectivity index (χ2v) is 8.04. The topological polar surface area (TPSA) is 69.7 Å². The summed E-state index contributed by atoms with van der Waals surface area (Å²) in [4.78, 5) is 40.7. The van der Waals surface area contributed by atoms with Crippen molar-refractivity contribution in [3.8, 4) is 0 Å². The van der Waals surface area contributed by atoms with Gasteiger partial charge in [0.1, 0.15) is 6.04 Å². The van der Waals surface area contributed by atoms with Gasteiger partial charge >= 0.3 is 0 Å². The Labute approximate surface area is 168 Å². The summed E-state index contributed by atoms with van der Waals surface area (Å²) in [6.45, 7) is 3.62. The van der Waals surface area contributed by atoms with Crippen LogP contribution >= 0.6 is 23.2 Å². The van der Waals surface area contributed by atoms with Crippen LogP contribution in [0.4, 0.5) is 0 Å². The van der Waals surface area contributed by atoms with Gasteiger partial charge < -0.3 is 15.1 Å². The number of carbonyl (C=O) groups excluding carboxylic acids is 3. The molecule has 146 valence electrons. The van der Waals surface area contributed by atoms with Crippen molar-refractivity contribution in [3.05, 3.63) is 33.8 Å². The summed E-state index contributed by atoms with van der Waals surface area (Å²) in [5.41, 5.74) is 0.378. The summed E-state index contributed by atoms with van der Waals surface area (Å²) in [6, 6.07) is 4.00. The summed E-state index contributed by atoms with van der Waals surface area (Å²) < 4.78 is 0. The molecular formula is C19H23Cl2N3O3. The lowest BCUT2D eigenvalue weighted by atomic mass is 10.1. The van der Waals surface area contributed by atoms with Crippen LogP contribution in [-0.4, -0.2) is 59.2 Å². The van der Waals surface area contributed by atoms with Gasteiger partial charge in [-0.05, 0) is 44.4 Å². The van der Waals surface area contributed by atoms with Gasteiger partial charge in [-0.15, -0.1) is 0 Å². The van der Waals surface area contributed by atoms with E-state index in [1.807, 2.05) is 6.92 Å². The van der Waals surface area contributed by atoms with Crippen molar-refractivity contribution in [2.45, 2.75) is 44.7 Å². The standard InChI is InChI=1S/C19H23Cl2N3O3/c1-12(11-23-6-3-5-17(23)25)22-18(26)16-4-2-7-24(16)19(27)13-8-14(20)10-15(21)9-13/h8-10,12,16H,2-7,11H2,1H3,(H,22,26)/t12-,16+/m0/s1. The van der Waals surface area contributed by atoms with Gasteiger partial charge in [-0.1, -0.05) is 23.2 Å². The number of nitrogens with one attached hydrogen (secondary N) is 1. The smallest absolute Gasteiger partial charge is 0.254 e. The largest absolute Gasteiger partial charge is 0.350 e. The molecule has 2 heterocycles. The molecule has 1 N–H and O–H groups in total. The number of carbonyl (C=O) groups is 3. The minimum atomic E-state index is -0.521. The van der Waals surface area contributed by atoms with Crippen LogP contribution in [0.2, 0.25) is 10.0 Å². The van der Waals surface area contributed by atoms with E-state index in [1.54, 1.807) is 28.0 Å². The molecule has 1 aromatic carbocycles. The van der Waals surface area contributed by atoms with E-state index in [0.717, 1.165) is 19.4 Å². The van der Waals surface area contributed by atoms with E-state index >= 15 is 0 Å². The van der Waals surface area contributed by atoms with Crippen molar-refractivity contribution >= 4 is 40.9 Å². The zero-order valence-electron chi connectivity index (χ0n) is 15.2. The maximum absolute atomic E-state index is 12.8. The van der Waals surface area contributed by atoms with Crippen LogP contribution in [0.25, 0.3) is 0 Å². The van der Waals surface area contributed by atoms with Crippen molar-refractivity contribution in [1.82, 2.24) is 15.1 Å². The highest BCUT2D eigenvalue weighted by atomic mass is 35.5. The number of nitrogens with zero attached hydrogens (tertiary/aromatic N) is 2. The van der Waals surface area contributed by atoms with E-state index in [4.69, 9.17) is 23.2 Å². The van der Waals surface area contributed by atoms with Gasteiger partial charge in [0.25, 0.3) is 5.91 Å². The van der Waals surface area contributed by atoms with Crippen molar-refractivity contribution in [3.63, 3.8) is 0 Å². The molecule has 0 saturated carbocycles. The number of hydrogen-bond acceptors (Lipinski definition) is 3. The van der Waals surface area contributed by atoms with Crippen molar-refractivity contribution in [1.29, 1.82) is 0 Å². The number of rotatable bonds is 5. The summed E-state index contributed by atoms with van der Waals surface area (Å²) in [5, 5.41) is 3.72. The number of likely N-dealkylation sites (tertiary alicyclic amines) is 2. The molecule has 3 rings (SSSR count). The molecule has 6 nitrogen and oxygen atoms in total. The van der Waals surface area contributed by atoms with Crippen LogP contribution in [0.5, 0.6) is 0 Å². The normalized spacial score (nSPS) is 20.9. The van der Waals surface area contributed by atoms with Gasteiger partial charge in [-0.25, -0.2) is 0 Å². The second kappa shape index (κ2) is 8.48. The molecule has 2 fully saturated rings. The Balaban J connectivity index is 1.63. The number of amides is 3. The maximum Gasteiger partial charge on any atom is 0.254 e. The third-order valence-corrected chi connectivity index (χ3v) is 5.42. The fraction of sp³-hybridized carbons (Fsp3) is 0.526. The van der Waals surface area contributed by atoms with E-state index < -0.39 is 6.04 Å². The van der Waals surface area contributed by atoms with Gasteiger partial charge in [0.15, 0.2) is 0 Å². The molecule has 0 unspecified atom stereocenters. The van der Waals surface area contributed by atoms with Crippen molar-refractivity contribution in [2.24, 2.45) is 0 Å². The zero-order valence-corrected chi connectivity index (χ0v) is 16.7.